The second-order valence-corrected chi connectivity index (χ2v) is 12.9. The second-order valence-electron chi connectivity index (χ2n) is 8.71. The van der Waals surface area contributed by atoms with Crippen LogP contribution in [0.25, 0.3) is 0 Å². The lowest BCUT2D eigenvalue weighted by molar-refractivity contribution is -0.0475. The molecule has 0 saturated carbocycles. The molecule has 1 N–H and O–H groups in total. The van der Waals surface area contributed by atoms with E-state index < -0.39 is 42.3 Å². The van der Waals surface area contributed by atoms with Crippen molar-refractivity contribution in [1.29, 1.82) is 0 Å². The molecule has 0 aliphatic heterocycles. The molecule has 0 aliphatic rings. The van der Waals surface area contributed by atoms with Gasteiger partial charge in [0, 0.05) is 0 Å². The van der Waals surface area contributed by atoms with E-state index in [-0.39, 0.29) is 0 Å². The number of benzene rings is 3. The number of hydrogen-bond donors (Lipinski definition) is 1. The molecule has 1 atom stereocenters. The summed E-state index contributed by atoms with van der Waals surface area (Å²) in [5.74, 6) is 0. The number of rotatable bonds is 13. The highest BCUT2D eigenvalue weighted by Crippen LogP contribution is 2.56. The fourth-order valence-electron chi connectivity index (χ4n) is 3.62. The normalized spacial score (nSPS) is 12.9. The summed E-state index contributed by atoms with van der Waals surface area (Å²) in [6.45, 7) is 0.104. The van der Waals surface area contributed by atoms with Crippen molar-refractivity contribution < 1.29 is 35.8 Å². The number of aliphatic hydroxyl groups excluding tert-OH is 1. The second kappa shape index (κ2) is 15.3. The maximum Gasteiger partial charge on any atom is 0.357 e. The molecule has 3 aromatic carbocycles. The molecular formula is C28H34F3O5PS. The topological polar surface area (TPSA) is 86.7 Å². The largest absolute Gasteiger partial charge is 0.743 e. The van der Waals surface area contributed by atoms with Crippen LogP contribution in [0, 0.1) is 0 Å². The Morgan fingerprint density at radius 2 is 1.26 bits per heavy atom. The van der Waals surface area contributed by atoms with Gasteiger partial charge in [-0.25, -0.2) is 8.42 Å². The molecule has 0 aliphatic carbocycles. The van der Waals surface area contributed by atoms with Crippen molar-refractivity contribution in [3.05, 3.63) is 91.0 Å². The summed E-state index contributed by atoms with van der Waals surface area (Å²) in [6, 6.07) is 28.4. The lowest BCUT2D eigenvalue weighted by Crippen LogP contribution is -2.35. The van der Waals surface area contributed by atoms with Crippen molar-refractivity contribution >= 4 is 33.6 Å². The van der Waals surface area contributed by atoms with E-state index in [1.807, 2.05) is 97.9 Å². The summed E-state index contributed by atoms with van der Waals surface area (Å²) >= 11 is 0. The molecule has 0 fully saturated rings. The predicted molar refractivity (Wildman–Crippen MR) is 146 cm³/mol. The SMILES string of the molecule is CCCCCCC(O)COCC(F)(F)S(=O)(=O)[O-].F[P+](c1ccccc1)(c1ccccc1)c1ccccc1. The quantitative estimate of drug-likeness (QED) is 0.170. The van der Waals surface area contributed by atoms with Crippen LogP contribution in [0.2, 0.25) is 0 Å². The average molecular weight is 571 g/mol. The minimum Gasteiger partial charge on any atom is -0.743 e. The monoisotopic (exact) mass is 570 g/mol. The first kappa shape index (κ1) is 31.9. The van der Waals surface area contributed by atoms with Gasteiger partial charge in [-0.1, -0.05) is 87.2 Å². The fraction of sp³-hybridized carbons (Fsp3) is 0.357. The van der Waals surface area contributed by atoms with Crippen LogP contribution in [-0.4, -0.2) is 42.6 Å². The molecule has 0 radical (unpaired) electrons. The van der Waals surface area contributed by atoms with Gasteiger partial charge in [0.2, 0.25) is 0 Å². The molecule has 208 valence electrons. The average Bonchev–Trinajstić information content (AvgIpc) is 2.92. The minimum atomic E-state index is -5.71. The Labute approximate surface area is 223 Å². The third-order valence-electron chi connectivity index (χ3n) is 5.67. The Hall–Kier alpha value is -2.29. The minimum absolute atomic E-state index is 0.399. The highest BCUT2D eigenvalue weighted by Gasteiger charge is 2.47. The van der Waals surface area contributed by atoms with Gasteiger partial charge >= 0.3 is 5.25 Å². The number of halogens is 3. The van der Waals surface area contributed by atoms with Gasteiger partial charge in [0.1, 0.15) is 22.5 Å². The first-order valence-electron chi connectivity index (χ1n) is 12.4. The van der Waals surface area contributed by atoms with Crippen LogP contribution in [0.1, 0.15) is 39.0 Å². The van der Waals surface area contributed by atoms with Crippen LogP contribution in [0.3, 0.4) is 0 Å². The van der Waals surface area contributed by atoms with Crippen molar-refractivity contribution in [2.45, 2.75) is 50.4 Å². The van der Waals surface area contributed by atoms with Gasteiger partial charge in [-0.2, -0.15) is 8.78 Å². The zero-order valence-corrected chi connectivity index (χ0v) is 23.0. The summed E-state index contributed by atoms with van der Waals surface area (Å²) in [6.07, 6.45) is 3.22. The molecule has 3 aromatic rings. The van der Waals surface area contributed by atoms with Gasteiger partial charge in [0.05, 0.1) is 12.7 Å². The van der Waals surface area contributed by atoms with Crippen LogP contribution in [0.15, 0.2) is 91.0 Å². The van der Waals surface area contributed by atoms with Crippen LogP contribution in [-0.2, 0) is 14.9 Å². The van der Waals surface area contributed by atoms with E-state index in [4.69, 9.17) is 0 Å². The Balaban J connectivity index is 0.000000269. The van der Waals surface area contributed by atoms with Crippen LogP contribution < -0.4 is 15.9 Å². The van der Waals surface area contributed by atoms with Crippen LogP contribution in [0.5, 0.6) is 0 Å². The Morgan fingerprint density at radius 1 is 0.842 bits per heavy atom. The van der Waals surface area contributed by atoms with Crippen molar-refractivity contribution in [3.8, 4) is 0 Å². The summed E-state index contributed by atoms with van der Waals surface area (Å²) in [5.41, 5.74) is 0. The molecule has 1 unspecified atom stereocenters. The predicted octanol–water partition coefficient (Wildman–Crippen LogP) is 5.34. The number of unbranched alkanes of at least 4 members (excludes halogenated alkanes) is 3. The van der Waals surface area contributed by atoms with E-state index in [0.29, 0.717) is 6.42 Å². The summed E-state index contributed by atoms with van der Waals surface area (Å²) in [7, 11) is -8.74. The molecule has 0 bridgehead atoms. The van der Waals surface area contributed by atoms with Gasteiger partial charge in [0.15, 0.2) is 10.1 Å². The molecule has 5 nitrogen and oxygen atoms in total. The van der Waals surface area contributed by atoms with E-state index in [1.54, 1.807) is 0 Å². The first-order chi connectivity index (χ1) is 18.0. The number of ether oxygens (including phenoxy) is 1. The number of alkyl halides is 2. The molecule has 0 saturated heterocycles. The molecule has 0 heterocycles. The highest BCUT2D eigenvalue weighted by atomic mass is 32.2. The molecule has 38 heavy (non-hydrogen) atoms. The standard InChI is InChI=1S/C18H15FP.C10H20F2O5S/c19-20(16-10-4-1-5-11-16,17-12-6-2-7-13-17)18-14-8-3-9-15-18;1-2-3-4-5-6-9(13)7-17-8-10(11,12)18(14,15)16/h1-15H;9,13H,2-8H2,1H3,(H,14,15,16)/q+1;/p-1. The molecule has 10 heteroatoms. The molecule has 0 amide bonds. The first-order valence-corrected chi connectivity index (χ1v) is 15.5. The van der Waals surface area contributed by atoms with Gasteiger partial charge in [-0.05, 0) is 47.0 Å². The summed E-state index contributed by atoms with van der Waals surface area (Å²) in [4.78, 5) is 0. The Bertz CT molecular complexity index is 1070. The van der Waals surface area contributed by atoms with E-state index in [9.17, 15) is 26.9 Å². The smallest absolute Gasteiger partial charge is 0.357 e. The van der Waals surface area contributed by atoms with Gasteiger partial charge in [-0.15, -0.1) is 0 Å². The lowest BCUT2D eigenvalue weighted by atomic mass is 10.1. The molecule has 0 spiro atoms. The number of hydrogen-bond acceptors (Lipinski definition) is 5. The van der Waals surface area contributed by atoms with E-state index in [2.05, 4.69) is 4.74 Å². The number of aliphatic hydroxyl groups is 1. The molecule has 0 aromatic heterocycles. The van der Waals surface area contributed by atoms with Crippen molar-refractivity contribution in [2.24, 2.45) is 0 Å². The van der Waals surface area contributed by atoms with Crippen LogP contribution >= 0.6 is 7.57 Å². The summed E-state index contributed by atoms with van der Waals surface area (Å²) in [5, 5.41) is 7.19. The maximum absolute atomic E-state index is 16.1. The van der Waals surface area contributed by atoms with Crippen LogP contribution in [0.4, 0.5) is 13.0 Å². The zero-order chi connectivity index (χ0) is 28.1. The van der Waals surface area contributed by atoms with E-state index in [1.165, 1.54) is 0 Å². The third-order valence-corrected chi connectivity index (χ3v) is 9.55. The Kier molecular flexibility index (Phi) is 12.9. The van der Waals surface area contributed by atoms with Gasteiger partial charge in [0.25, 0.3) is 7.57 Å². The summed E-state index contributed by atoms with van der Waals surface area (Å²) < 4.78 is 76.1. The highest BCUT2D eigenvalue weighted by molar-refractivity contribution is 7.91. The van der Waals surface area contributed by atoms with Gasteiger partial charge in [-0.3, -0.25) is 0 Å². The van der Waals surface area contributed by atoms with Crippen molar-refractivity contribution in [2.75, 3.05) is 13.2 Å². The fourth-order valence-corrected chi connectivity index (χ4v) is 6.49. The Morgan fingerprint density at radius 3 is 1.63 bits per heavy atom. The van der Waals surface area contributed by atoms with Gasteiger partial charge < -0.3 is 14.4 Å². The van der Waals surface area contributed by atoms with E-state index >= 15 is 4.20 Å². The van der Waals surface area contributed by atoms with Crippen molar-refractivity contribution in [3.63, 3.8) is 0 Å². The molecular weight excluding hydrogens is 536 g/mol. The third kappa shape index (κ3) is 9.47. The zero-order valence-electron chi connectivity index (χ0n) is 21.3. The van der Waals surface area contributed by atoms with Crippen molar-refractivity contribution in [1.82, 2.24) is 0 Å². The maximum atomic E-state index is 16.1. The molecule has 3 rings (SSSR count). The lowest BCUT2D eigenvalue weighted by Gasteiger charge is -2.20. The van der Waals surface area contributed by atoms with E-state index in [0.717, 1.165) is 41.6 Å².